The van der Waals surface area contributed by atoms with Crippen LogP contribution in [0.5, 0.6) is 0 Å². The zero-order chi connectivity index (χ0) is 23.2. The molecule has 1 aliphatic carbocycles. The van der Waals surface area contributed by atoms with E-state index in [1.54, 1.807) is 6.07 Å². The molecular formula is C19H20F5N5O2S. The third kappa shape index (κ3) is 5.15. The van der Waals surface area contributed by atoms with Gasteiger partial charge in [-0.15, -0.1) is 0 Å². The standard InChI is InChI=1S/C19H20F5N5O2S/c20-32(21,22,23,24)13-6-4-12(5-7-13)16(11-2-3-11)29-19(31)14-10-15(30)28-18(27-14)17-25-8-1-9-26-17/h1,4-9,11,14,16,18,27H,2-3,10H2,(H,28,30)(H,29,31)/t14?,16-,18?/m1/s1. The summed E-state index contributed by atoms with van der Waals surface area (Å²) < 4.78 is 65.0. The summed E-state index contributed by atoms with van der Waals surface area (Å²) in [5.74, 6) is -0.696. The topological polar surface area (TPSA) is 96.0 Å². The minimum absolute atomic E-state index is 0.0320. The predicted octanol–water partition coefficient (Wildman–Crippen LogP) is 3.88. The van der Waals surface area contributed by atoms with Crippen LogP contribution >= 0.6 is 10.2 Å². The lowest BCUT2D eigenvalue weighted by atomic mass is 10.0. The number of hydrogen-bond acceptors (Lipinski definition) is 5. The van der Waals surface area contributed by atoms with Crippen molar-refractivity contribution in [2.75, 3.05) is 0 Å². The summed E-state index contributed by atoms with van der Waals surface area (Å²) in [6.45, 7) is 0. The number of hydrogen-bond donors (Lipinski definition) is 3. The van der Waals surface area contributed by atoms with E-state index in [-0.39, 0.29) is 23.7 Å². The van der Waals surface area contributed by atoms with E-state index < -0.39 is 45.2 Å². The van der Waals surface area contributed by atoms with Crippen LogP contribution in [0.3, 0.4) is 0 Å². The van der Waals surface area contributed by atoms with Gasteiger partial charge in [0.25, 0.3) is 0 Å². The van der Waals surface area contributed by atoms with Gasteiger partial charge >= 0.3 is 10.2 Å². The molecule has 2 heterocycles. The maximum Gasteiger partial charge on any atom is 0.310 e. The number of benzene rings is 1. The maximum absolute atomic E-state index is 13.0. The molecule has 32 heavy (non-hydrogen) atoms. The molecule has 2 aromatic rings. The van der Waals surface area contributed by atoms with Gasteiger partial charge in [-0.05, 0) is 42.5 Å². The summed E-state index contributed by atoms with van der Waals surface area (Å²) in [6.07, 6.45) is 3.48. The zero-order valence-corrected chi connectivity index (χ0v) is 17.3. The van der Waals surface area contributed by atoms with Gasteiger partial charge in [-0.25, -0.2) is 9.97 Å². The van der Waals surface area contributed by atoms with Gasteiger partial charge in [-0.1, -0.05) is 31.6 Å². The molecule has 2 aliphatic rings. The van der Waals surface area contributed by atoms with E-state index in [9.17, 15) is 29.0 Å². The monoisotopic (exact) mass is 477 g/mol. The highest BCUT2D eigenvalue weighted by Crippen LogP contribution is 3.02. The van der Waals surface area contributed by atoms with E-state index in [2.05, 4.69) is 25.9 Å². The molecule has 2 unspecified atom stereocenters. The van der Waals surface area contributed by atoms with E-state index in [0.717, 1.165) is 25.0 Å². The van der Waals surface area contributed by atoms with E-state index in [0.29, 0.717) is 12.1 Å². The summed E-state index contributed by atoms with van der Waals surface area (Å²) in [6, 6.07) is 2.60. The molecule has 7 nitrogen and oxygen atoms in total. The Bertz CT molecular complexity index is 1030. The minimum Gasteiger partial charge on any atom is -0.348 e. The van der Waals surface area contributed by atoms with E-state index >= 15 is 0 Å². The molecule has 3 atom stereocenters. The van der Waals surface area contributed by atoms with Crippen molar-refractivity contribution in [3.8, 4) is 0 Å². The predicted molar refractivity (Wildman–Crippen MR) is 106 cm³/mol. The molecule has 1 aromatic heterocycles. The van der Waals surface area contributed by atoms with Crippen LogP contribution in [-0.4, -0.2) is 27.8 Å². The Morgan fingerprint density at radius 2 is 1.69 bits per heavy atom. The normalized spacial score (nSPS) is 24.6. The van der Waals surface area contributed by atoms with Crippen molar-refractivity contribution in [1.82, 2.24) is 25.9 Å². The number of carbonyl (C=O) groups is 2. The quantitative estimate of drug-likeness (QED) is 0.549. The van der Waals surface area contributed by atoms with Crippen LogP contribution < -0.4 is 16.0 Å². The summed E-state index contributed by atoms with van der Waals surface area (Å²) in [7, 11) is -9.77. The fourth-order valence-corrected chi connectivity index (χ4v) is 4.21. The fraction of sp³-hybridized carbons (Fsp3) is 0.368. The SMILES string of the molecule is O=C1CC(C(=O)N[C@@H](c2ccc(S(F)(F)(F)(F)F)cc2)C2CC2)NC(c2ncccn2)N1. The van der Waals surface area contributed by atoms with Crippen LogP contribution in [-0.2, 0) is 9.59 Å². The number of amides is 2. The van der Waals surface area contributed by atoms with Crippen LogP contribution in [0.2, 0.25) is 0 Å². The van der Waals surface area contributed by atoms with Crippen molar-refractivity contribution in [2.45, 2.75) is 42.4 Å². The summed E-state index contributed by atoms with van der Waals surface area (Å²) in [4.78, 5) is 31.1. The summed E-state index contributed by atoms with van der Waals surface area (Å²) in [5, 5.41) is 8.33. The number of nitrogens with one attached hydrogen (secondary N) is 3. The fourth-order valence-electron chi connectivity index (χ4n) is 3.56. The Kier molecular flexibility index (Phi) is 4.97. The van der Waals surface area contributed by atoms with Gasteiger partial charge in [0.2, 0.25) is 11.8 Å². The second-order valence-electron chi connectivity index (χ2n) is 7.89. The molecule has 0 bridgehead atoms. The maximum atomic E-state index is 13.0. The lowest BCUT2D eigenvalue weighted by molar-refractivity contribution is -0.132. The van der Waals surface area contributed by atoms with Crippen molar-refractivity contribution in [3.05, 3.63) is 54.1 Å². The lowest BCUT2D eigenvalue weighted by Gasteiger charge is -2.40. The highest BCUT2D eigenvalue weighted by atomic mass is 32.5. The Hall–Kier alpha value is -2.80. The molecule has 2 fully saturated rings. The molecule has 1 aliphatic heterocycles. The average molecular weight is 477 g/mol. The molecule has 1 aromatic carbocycles. The third-order valence-corrected chi connectivity index (χ3v) is 6.46. The highest BCUT2D eigenvalue weighted by Gasteiger charge is 2.65. The lowest BCUT2D eigenvalue weighted by Crippen LogP contribution is -2.57. The third-order valence-electron chi connectivity index (χ3n) is 5.30. The van der Waals surface area contributed by atoms with Crippen molar-refractivity contribution in [1.29, 1.82) is 0 Å². The van der Waals surface area contributed by atoms with Crippen molar-refractivity contribution in [2.24, 2.45) is 5.92 Å². The number of halogens is 5. The molecule has 0 spiro atoms. The summed E-state index contributed by atoms with van der Waals surface area (Å²) >= 11 is 0. The van der Waals surface area contributed by atoms with Gasteiger partial charge in [0.15, 0.2) is 5.82 Å². The van der Waals surface area contributed by atoms with Crippen molar-refractivity contribution in [3.63, 3.8) is 0 Å². The van der Waals surface area contributed by atoms with Crippen molar-refractivity contribution >= 4 is 22.0 Å². The number of carbonyl (C=O) groups excluding carboxylic acids is 2. The van der Waals surface area contributed by atoms with E-state index in [1.165, 1.54) is 12.4 Å². The van der Waals surface area contributed by atoms with Crippen molar-refractivity contribution < 1.29 is 29.0 Å². The Balaban J connectivity index is 1.50. The Morgan fingerprint density at radius 1 is 1.06 bits per heavy atom. The second kappa shape index (κ2) is 7.10. The Labute approximate surface area is 179 Å². The molecule has 1 saturated carbocycles. The Morgan fingerprint density at radius 3 is 2.25 bits per heavy atom. The molecule has 1 saturated heterocycles. The highest BCUT2D eigenvalue weighted by molar-refractivity contribution is 8.45. The number of nitrogens with zero attached hydrogens (tertiary/aromatic N) is 2. The van der Waals surface area contributed by atoms with Crippen LogP contribution in [0.4, 0.5) is 19.4 Å². The summed E-state index contributed by atoms with van der Waals surface area (Å²) in [5.41, 5.74) is 0.287. The first-order valence-electron chi connectivity index (χ1n) is 9.77. The van der Waals surface area contributed by atoms with Gasteiger partial charge in [0.1, 0.15) is 11.1 Å². The van der Waals surface area contributed by atoms with Gasteiger partial charge < -0.3 is 10.6 Å². The van der Waals surface area contributed by atoms with Gasteiger partial charge in [0.05, 0.1) is 18.5 Å². The van der Waals surface area contributed by atoms with E-state index in [4.69, 9.17) is 0 Å². The zero-order valence-electron chi connectivity index (χ0n) is 16.5. The molecular weight excluding hydrogens is 457 g/mol. The molecule has 13 heteroatoms. The molecule has 0 radical (unpaired) electrons. The first-order valence-corrected chi connectivity index (χ1v) is 11.7. The van der Waals surface area contributed by atoms with Crippen LogP contribution in [0, 0.1) is 5.92 Å². The molecule has 2 amide bonds. The van der Waals surface area contributed by atoms with Crippen LogP contribution in [0.1, 0.15) is 42.9 Å². The number of rotatable bonds is 6. The second-order valence-corrected chi connectivity index (χ2v) is 10.3. The first-order chi connectivity index (χ1) is 14.8. The average Bonchev–Trinajstić information content (AvgIpc) is 3.56. The van der Waals surface area contributed by atoms with Gasteiger partial charge in [0, 0.05) is 12.4 Å². The van der Waals surface area contributed by atoms with Crippen LogP contribution in [0.15, 0.2) is 47.6 Å². The smallest absolute Gasteiger partial charge is 0.310 e. The first kappa shape index (κ1) is 22.4. The van der Waals surface area contributed by atoms with E-state index in [1.807, 2.05) is 0 Å². The van der Waals surface area contributed by atoms with Crippen LogP contribution in [0.25, 0.3) is 0 Å². The van der Waals surface area contributed by atoms with Gasteiger partial charge in [-0.2, -0.15) is 0 Å². The molecule has 3 N–H and O–H groups in total. The largest absolute Gasteiger partial charge is 0.348 e. The van der Waals surface area contributed by atoms with Gasteiger partial charge in [-0.3, -0.25) is 14.9 Å². The minimum atomic E-state index is -9.77. The number of aromatic nitrogens is 2. The molecule has 174 valence electrons. The molecule has 4 rings (SSSR count).